The van der Waals surface area contributed by atoms with Crippen LogP contribution in [0.4, 0.5) is 0 Å². The molecular formula is C8H21IN4. The van der Waals surface area contributed by atoms with Gasteiger partial charge in [0.1, 0.15) is 0 Å². The molecule has 0 saturated carbocycles. The predicted molar refractivity (Wildman–Crippen MR) is 65.6 cm³/mol. The molecule has 0 aromatic heterocycles. The SMILES string of the molecule is CCN(I)CCN(CC)CCNN. The van der Waals surface area contributed by atoms with Crippen molar-refractivity contribution in [2.75, 3.05) is 39.3 Å². The summed E-state index contributed by atoms with van der Waals surface area (Å²) in [4.78, 5) is 2.39. The van der Waals surface area contributed by atoms with Crippen molar-refractivity contribution >= 4 is 22.9 Å². The quantitative estimate of drug-likeness (QED) is 0.296. The van der Waals surface area contributed by atoms with Crippen molar-refractivity contribution in [3.63, 3.8) is 0 Å². The minimum Gasteiger partial charge on any atom is -0.301 e. The summed E-state index contributed by atoms with van der Waals surface area (Å²) < 4.78 is 2.29. The Bertz CT molecular complexity index is 112. The normalized spacial score (nSPS) is 11.5. The molecule has 0 amide bonds. The topological polar surface area (TPSA) is 44.5 Å². The molecule has 0 bridgehead atoms. The van der Waals surface area contributed by atoms with Gasteiger partial charge < -0.3 is 4.90 Å². The minimum absolute atomic E-state index is 0.862. The summed E-state index contributed by atoms with van der Waals surface area (Å²) in [6.45, 7) is 10.7. The van der Waals surface area contributed by atoms with E-state index in [-0.39, 0.29) is 0 Å². The van der Waals surface area contributed by atoms with Crippen LogP contribution in [0.25, 0.3) is 0 Å². The Hall–Kier alpha value is 0.570. The van der Waals surface area contributed by atoms with Crippen molar-refractivity contribution in [2.45, 2.75) is 13.8 Å². The van der Waals surface area contributed by atoms with Gasteiger partial charge in [0, 0.05) is 55.6 Å². The van der Waals surface area contributed by atoms with Crippen LogP contribution in [0.5, 0.6) is 0 Å². The highest BCUT2D eigenvalue weighted by Crippen LogP contribution is 1.97. The lowest BCUT2D eigenvalue weighted by Gasteiger charge is -2.22. The lowest BCUT2D eigenvalue weighted by molar-refractivity contribution is 0.273. The van der Waals surface area contributed by atoms with E-state index in [1.165, 1.54) is 0 Å². The third kappa shape index (κ3) is 7.63. The maximum atomic E-state index is 5.23. The highest BCUT2D eigenvalue weighted by atomic mass is 127. The fraction of sp³-hybridized carbons (Fsp3) is 1.00. The Morgan fingerprint density at radius 2 is 1.85 bits per heavy atom. The Morgan fingerprint density at radius 3 is 2.31 bits per heavy atom. The van der Waals surface area contributed by atoms with Crippen LogP contribution < -0.4 is 11.3 Å². The highest BCUT2D eigenvalue weighted by Gasteiger charge is 2.03. The van der Waals surface area contributed by atoms with Gasteiger partial charge in [-0.2, -0.15) is 0 Å². The summed E-state index contributed by atoms with van der Waals surface area (Å²) in [7, 11) is 0. The standard InChI is InChI=1S/C8H21IN4/c1-3-12(6-5-11-10)7-8-13(9)4-2/h11H,3-8,10H2,1-2H3. The van der Waals surface area contributed by atoms with Crippen LogP contribution >= 0.6 is 22.9 Å². The molecule has 0 aromatic rings. The first kappa shape index (κ1) is 13.6. The summed E-state index contributed by atoms with van der Waals surface area (Å²) in [6, 6.07) is 0. The van der Waals surface area contributed by atoms with Crippen LogP contribution in [0.15, 0.2) is 0 Å². The van der Waals surface area contributed by atoms with E-state index in [1.54, 1.807) is 0 Å². The summed E-state index contributed by atoms with van der Waals surface area (Å²) in [6.07, 6.45) is 0. The summed E-state index contributed by atoms with van der Waals surface area (Å²) >= 11 is 2.36. The minimum atomic E-state index is 0.862. The number of nitrogens with two attached hydrogens (primary N) is 1. The number of likely N-dealkylation sites (N-methyl/N-ethyl adjacent to an activating group) is 2. The van der Waals surface area contributed by atoms with E-state index in [4.69, 9.17) is 5.84 Å². The number of rotatable bonds is 8. The number of nitrogens with one attached hydrogen (secondary N) is 1. The zero-order valence-corrected chi connectivity index (χ0v) is 10.7. The maximum Gasteiger partial charge on any atom is 0.0225 e. The number of hydrogen-bond donors (Lipinski definition) is 2. The molecule has 0 aliphatic heterocycles. The molecule has 0 aromatic carbocycles. The lowest BCUT2D eigenvalue weighted by Crippen LogP contribution is -2.38. The van der Waals surface area contributed by atoms with E-state index < -0.39 is 0 Å². The maximum absolute atomic E-state index is 5.23. The van der Waals surface area contributed by atoms with Gasteiger partial charge in [-0.3, -0.25) is 11.3 Å². The number of hydrazine groups is 1. The Morgan fingerprint density at radius 1 is 1.15 bits per heavy atom. The van der Waals surface area contributed by atoms with Crippen LogP contribution in [0, 0.1) is 0 Å². The second-order valence-electron chi connectivity index (χ2n) is 2.89. The lowest BCUT2D eigenvalue weighted by atomic mass is 10.4. The first-order chi connectivity index (χ1) is 6.24. The van der Waals surface area contributed by atoms with Crippen LogP contribution in [0.2, 0.25) is 0 Å². The molecule has 4 nitrogen and oxygen atoms in total. The Balaban J connectivity index is 3.46. The van der Waals surface area contributed by atoms with Gasteiger partial charge in [0.2, 0.25) is 0 Å². The molecule has 0 saturated heterocycles. The van der Waals surface area contributed by atoms with E-state index >= 15 is 0 Å². The molecule has 0 aliphatic rings. The number of hydrogen-bond acceptors (Lipinski definition) is 4. The number of nitrogens with zero attached hydrogens (tertiary/aromatic N) is 2. The van der Waals surface area contributed by atoms with Crippen molar-refractivity contribution in [2.24, 2.45) is 5.84 Å². The van der Waals surface area contributed by atoms with Crippen molar-refractivity contribution in [3.8, 4) is 0 Å². The zero-order valence-electron chi connectivity index (χ0n) is 8.59. The van der Waals surface area contributed by atoms with Gasteiger partial charge in [-0.15, -0.1) is 0 Å². The average molecular weight is 300 g/mol. The second-order valence-corrected chi connectivity index (χ2v) is 4.26. The first-order valence-corrected chi connectivity index (χ1v) is 5.77. The molecule has 0 radical (unpaired) electrons. The van der Waals surface area contributed by atoms with Gasteiger partial charge in [-0.25, -0.2) is 3.11 Å². The van der Waals surface area contributed by atoms with Crippen LogP contribution in [0.3, 0.4) is 0 Å². The molecule has 0 fully saturated rings. The fourth-order valence-corrected chi connectivity index (χ4v) is 1.27. The average Bonchev–Trinajstić information content (AvgIpc) is 2.17. The second kappa shape index (κ2) is 9.14. The summed E-state index contributed by atoms with van der Waals surface area (Å²) in [5, 5.41) is 0. The monoisotopic (exact) mass is 300 g/mol. The van der Waals surface area contributed by atoms with Gasteiger partial charge >= 0.3 is 0 Å². The molecule has 3 N–H and O–H groups in total. The molecule has 80 valence electrons. The molecule has 0 spiro atoms. The molecule has 0 unspecified atom stereocenters. The highest BCUT2D eigenvalue weighted by molar-refractivity contribution is 14.1. The van der Waals surface area contributed by atoms with E-state index in [1.807, 2.05) is 0 Å². The Kier molecular flexibility index (Phi) is 9.54. The van der Waals surface area contributed by atoms with Gasteiger partial charge in [0.05, 0.1) is 0 Å². The molecule has 0 rings (SSSR count). The van der Waals surface area contributed by atoms with Crippen molar-refractivity contribution in [1.82, 2.24) is 13.4 Å². The molecule has 0 aliphatic carbocycles. The van der Waals surface area contributed by atoms with Gasteiger partial charge in [-0.05, 0) is 6.54 Å². The molecule has 5 heteroatoms. The largest absolute Gasteiger partial charge is 0.301 e. The molecule has 13 heavy (non-hydrogen) atoms. The summed E-state index contributed by atoms with van der Waals surface area (Å²) in [5.41, 5.74) is 2.68. The zero-order chi connectivity index (χ0) is 10.1. The van der Waals surface area contributed by atoms with E-state index in [0.717, 1.165) is 39.3 Å². The van der Waals surface area contributed by atoms with Gasteiger partial charge in [0.25, 0.3) is 0 Å². The number of halogens is 1. The smallest absolute Gasteiger partial charge is 0.0225 e. The molecular weight excluding hydrogens is 279 g/mol. The van der Waals surface area contributed by atoms with Crippen LogP contribution in [0.1, 0.15) is 13.8 Å². The van der Waals surface area contributed by atoms with Crippen LogP contribution in [-0.2, 0) is 0 Å². The molecule has 0 heterocycles. The van der Waals surface area contributed by atoms with Gasteiger partial charge in [0.15, 0.2) is 0 Å². The van der Waals surface area contributed by atoms with E-state index in [0.29, 0.717) is 0 Å². The predicted octanol–water partition coefficient (Wildman–Crippen LogP) is 0.444. The Labute approximate surface area is 95.3 Å². The third-order valence-electron chi connectivity index (χ3n) is 2.02. The van der Waals surface area contributed by atoms with E-state index in [2.05, 4.69) is 50.2 Å². The van der Waals surface area contributed by atoms with Crippen molar-refractivity contribution in [3.05, 3.63) is 0 Å². The fourth-order valence-electron chi connectivity index (χ4n) is 1.06. The van der Waals surface area contributed by atoms with Crippen LogP contribution in [-0.4, -0.2) is 47.3 Å². The van der Waals surface area contributed by atoms with Crippen molar-refractivity contribution in [1.29, 1.82) is 0 Å². The third-order valence-corrected chi connectivity index (χ3v) is 3.19. The molecule has 0 atom stereocenters. The summed E-state index contributed by atoms with van der Waals surface area (Å²) in [5.74, 6) is 5.23. The van der Waals surface area contributed by atoms with E-state index in [9.17, 15) is 0 Å². The van der Waals surface area contributed by atoms with Crippen molar-refractivity contribution < 1.29 is 0 Å². The first-order valence-electron chi connectivity index (χ1n) is 4.81. The van der Waals surface area contributed by atoms with Gasteiger partial charge in [-0.1, -0.05) is 13.8 Å².